The summed E-state index contributed by atoms with van der Waals surface area (Å²) in [5.74, 6) is 0.951. The largest absolute Gasteiger partial charge is 0.347 e. The summed E-state index contributed by atoms with van der Waals surface area (Å²) in [5, 5.41) is 3.27. The van der Waals surface area contributed by atoms with E-state index < -0.39 is 0 Å². The van der Waals surface area contributed by atoms with Crippen LogP contribution in [-0.4, -0.2) is 50.0 Å². The molecule has 2 aliphatic rings. The molecule has 1 unspecified atom stereocenters. The fourth-order valence-electron chi connectivity index (χ4n) is 3.67. The number of amides is 1. The summed E-state index contributed by atoms with van der Waals surface area (Å²) in [7, 11) is 1.79. The van der Waals surface area contributed by atoms with Crippen LogP contribution < -0.4 is 10.2 Å². The summed E-state index contributed by atoms with van der Waals surface area (Å²) < 4.78 is 0. The average molecular weight is 328 g/mol. The molecular formula is C19H28N4O. The fourth-order valence-corrected chi connectivity index (χ4v) is 3.67. The first-order valence-corrected chi connectivity index (χ1v) is 8.90. The molecule has 5 nitrogen and oxygen atoms in total. The number of benzene rings is 1. The highest BCUT2D eigenvalue weighted by Crippen LogP contribution is 2.33. The lowest BCUT2D eigenvalue weighted by Crippen LogP contribution is -2.46. The molecule has 2 heterocycles. The first-order valence-electron chi connectivity index (χ1n) is 8.90. The van der Waals surface area contributed by atoms with Gasteiger partial charge in [0, 0.05) is 32.4 Å². The van der Waals surface area contributed by atoms with Crippen molar-refractivity contribution in [1.29, 1.82) is 0 Å². The Morgan fingerprint density at radius 2 is 2.12 bits per heavy atom. The van der Waals surface area contributed by atoms with Crippen molar-refractivity contribution in [3.63, 3.8) is 0 Å². The van der Waals surface area contributed by atoms with Gasteiger partial charge in [-0.3, -0.25) is 9.79 Å². The predicted molar refractivity (Wildman–Crippen MR) is 98.4 cm³/mol. The highest BCUT2D eigenvalue weighted by atomic mass is 16.2. The van der Waals surface area contributed by atoms with Gasteiger partial charge in [0.25, 0.3) is 0 Å². The Labute approximate surface area is 144 Å². The molecule has 1 amide bonds. The van der Waals surface area contributed by atoms with E-state index in [1.807, 2.05) is 23.1 Å². The number of nitrogens with one attached hydrogen (secondary N) is 1. The molecule has 0 saturated carbocycles. The number of hydrogen-bond donors (Lipinski definition) is 1. The van der Waals surface area contributed by atoms with Gasteiger partial charge < -0.3 is 15.1 Å². The van der Waals surface area contributed by atoms with Crippen molar-refractivity contribution in [3.8, 4) is 0 Å². The van der Waals surface area contributed by atoms with Gasteiger partial charge >= 0.3 is 0 Å². The van der Waals surface area contributed by atoms with Crippen LogP contribution in [0.4, 0.5) is 5.69 Å². The number of hydrogen-bond acceptors (Lipinski definition) is 2. The predicted octanol–water partition coefficient (Wildman–Crippen LogP) is 2.27. The van der Waals surface area contributed by atoms with Gasteiger partial charge in [-0.15, -0.1) is 0 Å². The molecule has 0 spiro atoms. The lowest BCUT2D eigenvalue weighted by atomic mass is 9.87. The number of guanidine groups is 1. The molecule has 130 valence electrons. The van der Waals surface area contributed by atoms with Crippen molar-refractivity contribution in [2.24, 2.45) is 10.4 Å². The summed E-state index contributed by atoms with van der Waals surface area (Å²) in [6.07, 6.45) is 3.29. The van der Waals surface area contributed by atoms with Crippen molar-refractivity contribution in [2.45, 2.75) is 33.1 Å². The summed E-state index contributed by atoms with van der Waals surface area (Å²) in [5.41, 5.74) is 2.67. The third-order valence-corrected chi connectivity index (χ3v) is 5.51. The molecule has 1 N–H and O–H groups in total. The van der Waals surface area contributed by atoms with E-state index in [-0.39, 0.29) is 5.91 Å². The van der Waals surface area contributed by atoms with Gasteiger partial charge in [-0.1, -0.05) is 32.0 Å². The fraction of sp³-hybridized carbons (Fsp3) is 0.579. The lowest BCUT2D eigenvalue weighted by Gasteiger charge is -2.26. The van der Waals surface area contributed by atoms with Crippen LogP contribution in [0.2, 0.25) is 0 Å². The van der Waals surface area contributed by atoms with E-state index in [0.29, 0.717) is 12.0 Å². The van der Waals surface area contributed by atoms with Crippen molar-refractivity contribution in [3.05, 3.63) is 29.8 Å². The van der Waals surface area contributed by atoms with E-state index in [4.69, 9.17) is 0 Å². The number of carbonyl (C=O) groups excluding carboxylic acids is 1. The van der Waals surface area contributed by atoms with Gasteiger partial charge in [-0.2, -0.15) is 0 Å². The zero-order valence-electron chi connectivity index (χ0n) is 15.0. The molecule has 3 rings (SSSR count). The number of aliphatic imine (C=N–C) groups is 1. The van der Waals surface area contributed by atoms with Gasteiger partial charge in [0.05, 0.1) is 6.54 Å². The zero-order valence-corrected chi connectivity index (χ0v) is 15.0. The van der Waals surface area contributed by atoms with E-state index in [0.717, 1.165) is 37.7 Å². The monoisotopic (exact) mass is 328 g/mol. The van der Waals surface area contributed by atoms with Crippen LogP contribution in [0.15, 0.2) is 29.3 Å². The number of nitrogens with zero attached hydrogens (tertiary/aromatic N) is 3. The van der Waals surface area contributed by atoms with Gasteiger partial charge in [0.2, 0.25) is 5.91 Å². The second-order valence-electron chi connectivity index (χ2n) is 7.16. The lowest BCUT2D eigenvalue weighted by molar-refractivity contribution is -0.117. The van der Waals surface area contributed by atoms with E-state index in [1.54, 1.807) is 7.05 Å². The molecule has 1 aromatic carbocycles. The van der Waals surface area contributed by atoms with Crippen molar-refractivity contribution >= 4 is 17.6 Å². The molecule has 0 aromatic heterocycles. The van der Waals surface area contributed by atoms with Gasteiger partial charge in [-0.25, -0.2) is 0 Å². The molecular weight excluding hydrogens is 300 g/mol. The zero-order chi connectivity index (χ0) is 17.2. The summed E-state index contributed by atoms with van der Waals surface area (Å²) in [4.78, 5) is 21.1. The molecule has 5 heteroatoms. The van der Waals surface area contributed by atoms with Gasteiger partial charge in [0.1, 0.15) is 0 Å². The number of para-hydroxylation sites is 1. The standard InChI is InChI=1S/C19H28N4O/c1-4-19(2)10-12-22(14-19)18(20-3)21-13-17(24)23-11-9-15-7-5-6-8-16(15)23/h5-8H,4,9-14H2,1-3H3,(H,20,21). The maximum atomic E-state index is 12.6. The average Bonchev–Trinajstić information content (AvgIpc) is 3.20. The van der Waals surface area contributed by atoms with Crippen LogP contribution in [-0.2, 0) is 11.2 Å². The Hall–Kier alpha value is -2.04. The second kappa shape index (κ2) is 6.83. The minimum Gasteiger partial charge on any atom is -0.347 e. The Bertz CT molecular complexity index is 642. The summed E-state index contributed by atoms with van der Waals surface area (Å²) in [6.45, 7) is 7.64. The van der Waals surface area contributed by atoms with E-state index in [9.17, 15) is 4.79 Å². The molecule has 0 aliphatic carbocycles. The molecule has 1 saturated heterocycles. The van der Waals surface area contributed by atoms with E-state index in [1.165, 1.54) is 18.4 Å². The van der Waals surface area contributed by atoms with Crippen molar-refractivity contribution in [2.75, 3.05) is 38.1 Å². The van der Waals surface area contributed by atoms with Crippen LogP contribution in [0.25, 0.3) is 0 Å². The van der Waals surface area contributed by atoms with Crippen LogP contribution >= 0.6 is 0 Å². The number of rotatable bonds is 3. The van der Waals surface area contributed by atoms with Crippen LogP contribution in [0, 0.1) is 5.41 Å². The van der Waals surface area contributed by atoms with Crippen molar-refractivity contribution < 1.29 is 4.79 Å². The SMILES string of the molecule is CCC1(C)CCN(C(=NC)NCC(=O)N2CCc3ccccc32)C1. The van der Waals surface area contributed by atoms with E-state index in [2.05, 4.69) is 35.1 Å². The maximum absolute atomic E-state index is 12.6. The Morgan fingerprint density at radius 3 is 2.83 bits per heavy atom. The molecule has 2 aliphatic heterocycles. The molecule has 1 atom stereocenters. The number of anilines is 1. The quantitative estimate of drug-likeness (QED) is 0.684. The first-order chi connectivity index (χ1) is 11.6. The summed E-state index contributed by atoms with van der Waals surface area (Å²) in [6, 6.07) is 8.16. The van der Waals surface area contributed by atoms with E-state index >= 15 is 0 Å². The van der Waals surface area contributed by atoms with Crippen LogP contribution in [0.3, 0.4) is 0 Å². The molecule has 0 bridgehead atoms. The summed E-state index contributed by atoms with van der Waals surface area (Å²) >= 11 is 0. The Balaban J connectivity index is 1.58. The molecule has 24 heavy (non-hydrogen) atoms. The van der Waals surface area contributed by atoms with Crippen LogP contribution in [0.5, 0.6) is 0 Å². The minimum atomic E-state index is 0.110. The molecule has 1 aromatic rings. The first kappa shape index (κ1) is 16.8. The normalized spacial score (nSPS) is 23.5. The second-order valence-corrected chi connectivity index (χ2v) is 7.16. The number of fused-ring (bicyclic) bond motifs is 1. The number of likely N-dealkylation sites (tertiary alicyclic amines) is 1. The highest BCUT2D eigenvalue weighted by Gasteiger charge is 2.33. The Kier molecular flexibility index (Phi) is 4.78. The molecule has 0 radical (unpaired) electrons. The van der Waals surface area contributed by atoms with Crippen LogP contribution in [0.1, 0.15) is 32.3 Å². The topological polar surface area (TPSA) is 47.9 Å². The highest BCUT2D eigenvalue weighted by molar-refractivity contribution is 5.98. The van der Waals surface area contributed by atoms with Gasteiger partial charge in [-0.05, 0) is 36.3 Å². The number of carbonyl (C=O) groups is 1. The minimum absolute atomic E-state index is 0.110. The third kappa shape index (κ3) is 3.25. The molecule has 1 fully saturated rings. The maximum Gasteiger partial charge on any atom is 0.246 e. The van der Waals surface area contributed by atoms with Crippen molar-refractivity contribution in [1.82, 2.24) is 10.2 Å². The Morgan fingerprint density at radius 1 is 1.33 bits per heavy atom. The third-order valence-electron chi connectivity index (χ3n) is 5.51. The smallest absolute Gasteiger partial charge is 0.246 e. The van der Waals surface area contributed by atoms with Gasteiger partial charge in [0.15, 0.2) is 5.96 Å².